The fourth-order valence-electron chi connectivity index (χ4n) is 1.53. The van der Waals surface area contributed by atoms with E-state index in [4.69, 9.17) is 5.11 Å². The number of anilines is 1. The molecule has 0 fully saturated rings. The molecule has 2 N–H and O–H groups in total. The molecule has 0 unspecified atom stereocenters. The van der Waals surface area contributed by atoms with E-state index in [1.807, 2.05) is 13.0 Å². The van der Waals surface area contributed by atoms with Gasteiger partial charge in [0.25, 0.3) is 0 Å². The molecule has 1 rings (SSSR count). The minimum atomic E-state index is 0.168. The van der Waals surface area contributed by atoms with Crippen molar-refractivity contribution < 1.29 is 5.11 Å². The van der Waals surface area contributed by atoms with E-state index in [2.05, 4.69) is 29.1 Å². The fraction of sp³-hybridized carbons (Fsp3) is 0.667. The topological polar surface area (TPSA) is 58.0 Å². The molecule has 0 saturated heterocycles. The van der Waals surface area contributed by atoms with Gasteiger partial charge in [-0.3, -0.25) is 0 Å². The number of nitrogens with one attached hydrogen (secondary N) is 1. The average molecular weight is 223 g/mol. The second-order valence-corrected chi connectivity index (χ2v) is 4.83. The van der Waals surface area contributed by atoms with Gasteiger partial charge in [0.1, 0.15) is 11.6 Å². The Morgan fingerprint density at radius 1 is 1.44 bits per heavy atom. The van der Waals surface area contributed by atoms with Crippen molar-refractivity contribution in [2.75, 3.05) is 18.5 Å². The van der Waals surface area contributed by atoms with Gasteiger partial charge in [-0.25, -0.2) is 9.97 Å². The van der Waals surface area contributed by atoms with Crippen molar-refractivity contribution in [2.24, 2.45) is 5.41 Å². The molecular formula is C12H21N3O. The van der Waals surface area contributed by atoms with Gasteiger partial charge >= 0.3 is 0 Å². The number of aliphatic hydroxyl groups excluding tert-OH is 1. The fourth-order valence-corrected chi connectivity index (χ4v) is 1.53. The lowest BCUT2D eigenvalue weighted by atomic mass is 9.88. The Kier molecular flexibility index (Phi) is 4.68. The van der Waals surface area contributed by atoms with Crippen LogP contribution in [0.3, 0.4) is 0 Å². The smallest absolute Gasteiger partial charge is 0.129 e. The summed E-state index contributed by atoms with van der Waals surface area (Å²) in [5.74, 6) is 1.64. The Labute approximate surface area is 97.1 Å². The van der Waals surface area contributed by atoms with Crippen LogP contribution in [0.1, 0.15) is 32.5 Å². The lowest BCUT2D eigenvalue weighted by Crippen LogP contribution is -2.23. The van der Waals surface area contributed by atoms with Crippen molar-refractivity contribution in [3.8, 4) is 0 Å². The molecule has 0 aliphatic rings. The Morgan fingerprint density at radius 2 is 2.19 bits per heavy atom. The van der Waals surface area contributed by atoms with Crippen LogP contribution in [0.15, 0.2) is 12.3 Å². The SMILES string of the molecule is Cc1nccc(NCC(C)(C)CCCO)n1. The van der Waals surface area contributed by atoms with Crippen LogP contribution in [-0.4, -0.2) is 28.2 Å². The Balaban J connectivity index is 2.44. The Morgan fingerprint density at radius 3 is 2.81 bits per heavy atom. The highest BCUT2D eigenvalue weighted by Crippen LogP contribution is 2.22. The maximum atomic E-state index is 8.81. The molecular weight excluding hydrogens is 202 g/mol. The van der Waals surface area contributed by atoms with Crippen LogP contribution in [0.4, 0.5) is 5.82 Å². The van der Waals surface area contributed by atoms with E-state index in [1.165, 1.54) is 0 Å². The summed E-state index contributed by atoms with van der Waals surface area (Å²) in [7, 11) is 0. The third-order valence-corrected chi connectivity index (χ3v) is 2.54. The molecule has 16 heavy (non-hydrogen) atoms. The zero-order valence-electron chi connectivity index (χ0n) is 10.3. The van der Waals surface area contributed by atoms with E-state index >= 15 is 0 Å². The van der Waals surface area contributed by atoms with Crippen LogP contribution in [0.25, 0.3) is 0 Å². The zero-order valence-corrected chi connectivity index (χ0v) is 10.3. The van der Waals surface area contributed by atoms with Crippen molar-refractivity contribution in [1.82, 2.24) is 9.97 Å². The van der Waals surface area contributed by atoms with E-state index in [1.54, 1.807) is 6.20 Å². The van der Waals surface area contributed by atoms with Gasteiger partial charge in [0, 0.05) is 19.3 Å². The number of rotatable bonds is 6. The van der Waals surface area contributed by atoms with E-state index in [0.29, 0.717) is 0 Å². The number of hydrogen-bond acceptors (Lipinski definition) is 4. The van der Waals surface area contributed by atoms with Crippen LogP contribution in [-0.2, 0) is 0 Å². The summed E-state index contributed by atoms with van der Waals surface area (Å²) in [6.07, 6.45) is 3.60. The maximum Gasteiger partial charge on any atom is 0.129 e. The number of nitrogens with zero attached hydrogens (tertiary/aromatic N) is 2. The molecule has 0 saturated carbocycles. The highest BCUT2D eigenvalue weighted by molar-refractivity contribution is 5.32. The molecule has 0 aliphatic heterocycles. The first-order valence-electron chi connectivity index (χ1n) is 5.68. The van der Waals surface area contributed by atoms with E-state index in [9.17, 15) is 0 Å². The van der Waals surface area contributed by atoms with E-state index in [-0.39, 0.29) is 12.0 Å². The number of aromatic nitrogens is 2. The van der Waals surface area contributed by atoms with Crippen molar-refractivity contribution in [1.29, 1.82) is 0 Å². The molecule has 0 radical (unpaired) electrons. The Hall–Kier alpha value is -1.16. The van der Waals surface area contributed by atoms with Gasteiger partial charge in [-0.15, -0.1) is 0 Å². The number of hydrogen-bond donors (Lipinski definition) is 2. The van der Waals surface area contributed by atoms with Crippen molar-refractivity contribution in [3.05, 3.63) is 18.1 Å². The quantitative estimate of drug-likeness (QED) is 0.774. The molecule has 0 atom stereocenters. The van der Waals surface area contributed by atoms with Gasteiger partial charge in [-0.1, -0.05) is 13.8 Å². The summed E-state index contributed by atoms with van der Waals surface area (Å²) in [4.78, 5) is 8.33. The minimum Gasteiger partial charge on any atom is -0.396 e. The van der Waals surface area contributed by atoms with Crippen LogP contribution < -0.4 is 5.32 Å². The normalized spacial score (nSPS) is 11.5. The molecule has 4 nitrogen and oxygen atoms in total. The van der Waals surface area contributed by atoms with Gasteiger partial charge in [-0.05, 0) is 31.2 Å². The molecule has 0 aliphatic carbocycles. The van der Waals surface area contributed by atoms with Crippen LogP contribution in [0.2, 0.25) is 0 Å². The summed E-state index contributed by atoms with van der Waals surface area (Å²) in [5.41, 5.74) is 0.168. The summed E-state index contributed by atoms with van der Waals surface area (Å²) >= 11 is 0. The molecule has 4 heteroatoms. The largest absolute Gasteiger partial charge is 0.396 e. The first-order valence-corrected chi connectivity index (χ1v) is 5.68. The van der Waals surface area contributed by atoms with Gasteiger partial charge in [0.15, 0.2) is 0 Å². The molecule has 1 aromatic rings. The monoisotopic (exact) mass is 223 g/mol. The van der Waals surface area contributed by atoms with Gasteiger partial charge in [-0.2, -0.15) is 0 Å². The highest BCUT2D eigenvalue weighted by Gasteiger charge is 2.16. The van der Waals surface area contributed by atoms with E-state index < -0.39 is 0 Å². The van der Waals surface area contributed by atoms with E-state index in [0.717, 1.165) is 31.0 Å². The lowest BCUT2D eigenvalue weighted by Gasteiger charge is -2.24. The van der Waals surface area contributed by atoms with Crippen molar-refractivity contribution >= 4 is 5.82 Å². The van der Waals surface area contributed by atoms with Gasteiger partial charge in [0.2, 0.25) is 0 Å². The standard InChI is InChI=1S/C12H21N3O/c1-10-13-7-5-11(15-10)14-9-12(2,3)6-4-8-16/h5,7,16H,4,6,8-9H2,1-3H3,(H,13,14,15). The first kappa shape index (κ1) is 12.9. The van der Waals surface area contributed by atoms with Crippen LogP contribution >= 0.6 is 0 Å². The molecule has 0 amide bonds. The van der Waals surface area contributed by atoms with Gasteiger partial charge < -0.3 is 10.4 Å². The lowest BCUT2D eigenvalue weighted by molar-refractivity contribution is 0.248. The predicted molar refractivity (Wildman–Crippen MR) is 65.4 cm³/mol. The van der Waals surface area contributed by atoms with Crippen LogP contribution in [0.5, 0.6) is 0 Å². The molecule has 0 spiro atoms. The number of aliphatic hydroxyl groups is 1. The zero-order chi connectivity index (χ0) is 12.0. The minimum absolute atomic E-state index is 0.168. The van der Waals surface area contributed by atoms with Crippen LogP contribution in [0, 0.1) is 12.3 Å². The predicted octanol–water partition coefficient (Wildman–Crippen LogP) is 2.00. The Bertz CT molecular complexity index is 326. The third-order valence-electron chi connectivity index (χ3n) is 2.54. The maximum absolute atomic E-state index is 8.81. The van der Waals surface area contributed by atoms with Crippen molar-refractivity contribution in [3.63, 3.8) is 0 Å². The number of aryl methyl sites for hydroxylation is 1. The molecule has 0 aromatic carbocycles. The second-order valence-electron chi connectivity index (χ2n) is 4.83. The molecule has 0 bridgehead atoms. The first-order chi connectivity index (χ1) is 7.53. The highest BCUT2D eigenvalue weighted by atomic mass is 16.2. The molecule has 1 heterocycles. The molecule has 1 aromatic heterocycles. The molecule has 90 valence electrons. The summed E-state index contributed by atoms with van der Waals surface area (Å²) in [6.45, 7) is 7.36. The summed E-state index contributed by atoms with van der Waals surface area (Å²) in [6, 6.07) is 1.87. The van der Waals surface area contributed by atoms with Crippen molar-refractivity contribution in [2.45, 2.75) is 33.6 Å². The summed E-state index contributed by atoms with van der Waals surface area (Å²) < 4.78 is 0. The van der Waals surface area contributed by atoms with Gasteiger partial charge in [0.05, 0.1) is 0 Å². The summed E-state index contributed by atoms with van der Waals surface area (Å²) in [5, 5.41) is 12.1. The third kappa shape index (κ3) is 4.57. The second kappa shape index (κ2) is 5.80. The average Bonchev–Trinajstić information content (AvgIpc) is 2.24.